The predicted molar refractivity (Wildman–Crippen MR) is 89.9 cm³/mol. The van der Waals surface area contributed by atoms with Gasteiger partial charge in [-0.05, 0) is 18.9 Å². The van der Waals surface area contributed by atoms with Crippen LogP contribution in [0.2, 0.25) is 0 Å². The van der Waals surface area contributed by atoms with Crippen molar-refractivity contribution in [1.29, 1.82) is 0 Å². The van der Waals surface area contributed by atoms with Crippen LogP contribution in [0.25, 0.3) is 0 Å². The van der Waals surface area contributed by atoms with Crippen molar-refractivity contribution in [2.24, 2.45) is 0 Å². The molecule has 1 aliphatic heterocycles. The fourth-order valence-electron chi connectivity index (χ4n) is 2.05. The molecule has 0 bridgehead atoms. The summed E-state index contributed by atoms with van der Waals surface area (Å²) < 4.78 is 5.76. The molecule has 1 heterocycles. The van der Waals surface area contributed by atoms with Crippen LogP contribution in [0.15, 0.2) is 30.3 Å². The molecule has 118 valence electrons. The second-order valence-corrected chi connectivity index (χ2v) is 5.87. The Morgan fingerprint density at radius 1 is 1.48 bits per heavy atom. The van der Waals surface area contributed by atoms with Gasteiger partial charge in [0.25, 0.3) is 0 Å². The molecule has 1 aromatic rings. The van der Waals surface area contributed by atoms with Crippen molar-refractivity contribution >= 4 is 30.1 Å². The summed E-state index contributed by atoms with van der Waals surface area (Å²) >= 11 is 1.76. The molecule has 4 nitrogen and oxygen atoms in total. The lowest BCUT2D eigenvalue weighted by Crippen LogP contribution is -2.42. The zero-order valence-corrected chi connectivity index (χ0v) is 13.8. The second-order valence-electron chi connectivity index (χ2n) is 4.84. The number of hydrogen-bond donors (Lipinski definition) is 2. The van der Waals surface area contributed by atoms with Gasteiger partial charge < -0.3 is 10.1 Å². The van der Waals surface area contributed by atoms with Crippen LogP contribution in [-0.4, -0.2) is 36.7 Å². The molecule has 2 rings (SSSR count). The zero-order valence-electron chi connectivity index (χ0n) is 12.2. The van der Waals surface area contributed by atoms with Crippen molar-refractivity contribution < 1.29 is 9.53 Å². The molecule has 1 saturated heterocycles. The number of halogens is 1. The van der Waals surface area contributed by atoms with E-state index in [9.17, 15) is 4.79 Å². The smallest absolute Gasteiger partial charge is 0.238 e. The molecule has 6 heteroatoms. The van der Waals surface area contributed by atoms with E-state index in [1.165, 1.54) is 5.56 Å². The van der Waals surface area contributed by atoms with Gasteiger partial charge in [-0.25, -0.2) is 0 Å². The maximum absolute atomic E-state index is 11.7. The molecule has 1 aliphatic rings. The highest BCUT2D eigenvalue weighted by molar-refractivity contribution is 7.99. The number of benzene rings is 1. The van der Waals surface area contributed by atoms with E-state index < -0.39 is 0 Å². The van der Waals surface area contributed by atoms with Gasteiger partial charge in [0.15, 0.2) is 0 Å². The number of carbonyl (C=O) groups is 1. The van der Waals surface area contributed by atoms with E-state index in [2.05, 4.69) is 22.8 Å². The molecule has 2 atom stereocenters. The summed E-state index contributed by atoms with van der Waals surface area (Å²) in [6.07, 6.45) is 0.933. The minimum atomic E-state index is -0.0239. The number of nitrogens with one attached hydrogen (secondary N) is 2. The Bertz CT molecular complexity index is 413. The van der Waals surface area contributed by atoms with Crippen molar-refractivity contribution in [3.63, 3.8) is 0 Å². The maximum atomic E-state index is 11.7. The summed E-state index contributed by atoms with van der Waals surface area (Å²) in [6, 6.07) is 10.1. The van der Waals surface area contributed by atoms with Gasteiger partial charge in [-0.2, -0.15) is 0 Å². The van der Waals surface area contributed by atoms with Crippen molar-refractivity contribution in [1.82, 2.24) is 10.6 Å². The number of hydrogen-bond acceptors (Lipinski definition) is 4. The first kappa shape index (κ1) is 18.3. The highest BCUT2D eigenvalue weighted by Gasteiger charge is 2.21. The largest absolute Gasteiger partial charge is 0.374 e. The summed E-state index contributed by atoms with van der Waals surface area (Å²) in [5.41, 5.74) is 1.18. The molecule has 2 unspecified atom stereocenters. The first-order valence-corrected chi connectivity index (χ1v) is 8.18. The SMILES string of the molecule is CC(OCCCNC(=O)C1CSCN1)c1ccccc1.Cl. The first-order valence-electron chi connectivity index (χ1n) is 7.03. The third kappa shape index (κ3) is 6.26. The van der Waals surface area contributed by atoms with E-state index in [0.29, 0.717) is 13.2 Å². The van der Waals surface area contributed by atoms with Crippen LogP contribution >= 0.6 is 24.2 Å². The van der Waals surface area contributed by atoms with Gasteiger partial charge in [0.2, 0.25) is 5.91 Å². The highest BCUT2D eigenvalue weighted by Crippen LogP contribution is 2.15. The van der Waals surface area contributed by atoms with Gasteiger partial charge in [-0.3, -0.25) is 10.1 Å². The van der Waals surface area contributed by atoms with Gasteiger partial charge in [0.05, 0.1) is 12.1 Å². The molecule has 0 spiro atoms. The lowest BCUT2D eigenvalue weighted by Gasteiger charge is -2.14. The Morgan fingerprint density at radius 3 is 2.90 bits per heavy atom. The minimum Gasteiger partial charge on any atom is -0.374 e. The van der Waals surface area contributed by atoms with Crippen LogP contribution in [0.3, 0.4) is 0 Å². The van der Waals surface area contributed by atoms with E-state index in [4.69, 9.17) is 4.74 Å². The van der Waals surface area contributed by atoms with Crippen molar-refractivity contribution in [2.45, 2.75) is 25.5 Å². The summed E-state index contributed by atoms with van der Waals surface area (Å²) in [5, 5.41) is 6.10. The molecule has 2 N–H and O–H groups in total. The van der Waals surface area contributed by atoms with Crippen LogP contribution in [0.5, 0.6) is 0 Å². The normalized spacial score (nSPS) is 18.8. The maximum Gasteiger partial charge on any atom is 0.238 e. The average molecular weight is 331 g/mol. The minimum absolute atomic E-state index is 0. The molecular formula is C15H23ClN2O2S. The van der Waals surface area contributed by atoms with Gasteiger partial charge in [0, 0.05) is 24.8 Å². The molecule has 0 radical (unpaired) electrons. The fraction of sp³-hybridized carbons (Fsp3) is 0.533. The Kier molecular flexibility index (Phi) is 8.76. The molecule has 1 aromatic carbocycles. The number of rotatable bonds is 7. The van der Waals surface area contributed by atoms with Crippen molar-refractivity contribution in [2.75, 3.05) is 24.8 Å². The van der Waals surface area contributed by atoms with Crippen LogP contribution in [0.1, 0.15) is 25.0 Å². The van der Waals surface area contributed by atoms with Gasteiger partial charge in [-0.15, -0.1) is 24.2 Å². The number of carbonyl (C=O) groups excluding carboxylic acids is 1. The van der Waals surface area contributed by atoms with Gasteiger partial charge in [-0.1, -0.05) is 30.3 Å². The number of amides is 1. The summed E-state index contributed by atoms with van der Waals surface area (Å²) in [5.74, 6) is 1.84. The van der Waals surface area contributed by atoms with E-state index in [1.54, 1.807) is 11.8 Å². The van der Waals surface area contributed by atoms with Crippen LogP contribution < -0.4 is 10.6 Å². The van der Waals surface area contributed by atoms with Crippen LogP contribution in [0.4, 0.5) is 0 Å². The molecule has 0 saturated carbocycles. The Balaban J connectivity index is 0.00000220. The topological polar surface area (TPSA) is 50.4 Å². The molecule has 1 amide bonds. The van der Waals surface area contributed by atoms with E-state index >= 15 is 0 Å². The van der Waals surface area contributed by atoms with E-state index in [1.807, 2.05) is 25.1 Å². The Hall–Kier alpha value is -0.750. The average Bonchev–Trinajstić information content (AvgIpc) is 3.01. The Morgan fingerprint density at radius 2 is 2.24 bits per heavy atom. The van der Waals surface area contributed by atoms with E-state index in [0.717, 1.165) is 18.1 Å². The number of ether oxygens (including phenoxy) is 1. The van der Waals surface area contributed by atoms with Gasteiger partial charge in [0.1, 0.15) is 0 Å². The van der Waals surface area contributed by atoms with Gasteiger partial charge >= 0.3 is 0 Å². The highest BCUT2D eigenvalue weighted by atomic mass is 35.5. The van der Waals surface area contributed by atoms with E-state index in [-0.39, 0.29) is 30.5 Å². The molecule has 0 aromatic heterocycles. The molecule has 1 fully saturated rings. The third-order valence-corrected chi connectivity index (χ3v) is 4.23. The standard InChI is InChI=1S/C15H22N2O2S.ClH/c1-12(13-6-3-2-4-7-13)19-9-5-8-16-15(18)14-10-20-11-17-14;/h2-4,6-7,12,14,17H,5,8-11H2,1H3,(H,16,18);1H. The Labute approximate surface area is 136 Å². The molecule has 21 heavy (non-hydrogen) atoms. The predicted octanol–water partition coefficient (Wildman–Crippen LogP) is 2.35. The zero-order chi connectivity index (χ0) is 14.2. The first-order chi connectivity index (χ1) is 9.77. The summed E-state index contributed by atoms with van der Waals surface area (Å²) in [7, 11) is 0. The lowest BCUT2D eigenvalue weighted by molar-refractivity contribution is -0.122. The lowest BCUT2D eigenvalue weighted by atomic mass is 10.1. The molecule has 0 aliphatic carbocycles. The van der Waals surface area contributed by atoms with Crippen molar-refractivity contribution in [3.8, 4) is 0 Å². The second kappa shape index (κ2) is 10.1. The number of thioether (sulfide) groups is 1. The van der Waals surface area contributed by atoms with Crippen LogP contribution in [-0.2, 0) is 9.53 Å². The quantitative estimate of drug-likeness (QED) is 0.754. The van der Waals surface area contributed by atoms with Crippen LogP contribution in [0, 0.1) is 0 Å². The third-order valence-electron chi connectivity index (χ3n) is 3.29. The molecular weight excluding hydrogens is 308 g/mol. The summed E-state index contributed by atoms with van der Waals surface area (Å²) in [4.78, 5) is 11.7. The fourth-order valence-corrected chi connectivity index (χ4v) is 2.99. The summed E-state index contributed by atoms with van der Waals surface area (Å²) in [6.45, 7) is 3.37. The van der Waals surface area contributed by atoms with Crippen molar-refractivity contribution in [3.05, 3.63) is 35.9 Å². The monoisotopic (exact) mass is 330 g/mol.